The third-order valence-corrected chi connectivity index (χ3v) is 3.89. The van der Waals surface area contributed by atoms with Gasteiger partial charge in [-0.15, -0.1) is 0 Å². The molecule has 1 atom stereocenters. The molecule has 0 aliphatic rings. The predicted molar refractivity (Wildman–Crippen MR) is 63.5 cm³/mol. The maximum atomic E-state index is 11.4. The molecular formula is C11H16O4Si. The average Bonchev–Trinajstić information content (AvgIpc) is 2.22. The molecule has 0 fully saturated rings. The zero-order valence-corrected chi connectivity index (χ0v) is 10.7. The molecule has 0 N–H and O–H groups in total. The highest BCUT2D eigenvalue weighted by Gasteiger charge is 2.26. The molecular weight excluding hydrogens is 224 g/mol. The summed E-state index contributed by atoms with van der Waals surface area (Å²) in [5, 5.41) is 0. The summed E-state index contributed by atoms with van der Waals surface area (Å²) in [5.41, 5.74) is 0. The zero-order chi connectivity index (χ0) is 12.7. The van der Waals surface area contributed by atoms with Gasteiger partial charge in [-0.1, -0.05) is 13.2 Å². The van der Waals surface area contributed by atoms with Crippen LogP contribution in [0.5, 0.6) is 0 Å². The van der Waals surface area contributed by atoms with Crippen LogP contribution in [0, 0.1) is 5.92 Å². The molecule has 0 amide bonds. The minimum absolute atomic E-state index is 0.287. The molecule has 0 spiro atoms. The van der Waals surface area contributed by atoms with Crippen LogP contribution < -0.4 is 0 Å². The van der Waals surface area contributed by atoms with Crippen LogP contribution >= 0.6 is 0 Å². The molecule has 0 aromatic rings. The van der Waals surface area contributed by atoms with Crippen molar-refractivity contribution in [3.63, 3.8) is 0 Å². The van der Waals surface area contributed by atoms with Crippen molar-refractivity contribution in [1.29, 1.82) is 0 Å². The van der Waals surface area contributed by atoms with Crippen molar-refractivity contribution in [2.45, 2.75) is 19.5 Å². The summed E-state index contributed by atoms with van der Waals surface area (Å²) < 4.78 is 5.00. The van der Waals surface area contributed by atoms with Crippen LogP contribution in [0.4, 0.5) is 0 Å². The Morgan fingerprint density at radius 1 is 1.25 bits per heavy atom. The van der Waals surface area contributed by atoms with Crippen molar-refractivity contribution in [3.8, 4) is 0 Å². The molecule has 0 aromatic carbocycles. The number of carbonyl (C=O) groups is 3. The Balaban J connectivity index is 4.60. The summed E-state index contributed by atoms with van der Waals surface area (Å²) in [5.74, 6) is -1.88. The van der Waals surface area contributed by atoms with Gasteiger partial charge >= 0.3 is 0 Å². The van der Waals surface area contributed by atoms with Gasteiger partial charge in [0, 0.05) is 6.92 Å². The zero-order valence-electron chi connectivity index (χ0n) is 9.56. The Morgan fingerprint density at radius 2 is 1.69 bits per heavy atom. The Kier molecular flexibility index (Phi) is 6.25. The van der Waals surface area contributed by atoms with Crippen molar-refractivity contribution in [1.82, 2.24) is 0 Å². The molecule has 5 heteroatoms. The van der Waals surface area contributed by atoms with Gasteiger partial charge in [0.2, 0.25) is 9.04 Å². The van der Waals surface area contributed by atoms with Crippen LogP contribution in [0.1, 0.15) is 6.92 Å². The third-order valence-electron chi connectivity index (χ3n) is 2.02. The molecule has 0 saturated heterocycles. The van der Waals surface area contributed by atoms with Gasteiger partial charge < -0.3 is 4.43 Å². The van der Waals surface area contributed by atoms with Gasteiger partial charge in [-0.2, -0.15) is 0 Å². The monoisotopic (exact) mass is 240 g/mol. The van der Waals surface area contributed by atoms with Gasteiger partial charge in [-0.3, -0.25) is 14.4 Å². The number of rotatable bonds is 7. The van der Waals surface area contributed by atoms with Gasteiger partial charge in [-0.05, 0) is 24.7 Å². The summed E-state index contributed by atoms with van der Waals surface area (Å²) in [6.45, 7) is 9.75. The summed E-state index contributed by atoms with van der Waals surface area (Å²) in [7, 11) is -1.84. The molecule has 0 rings (SSSR count). The first-order valence-electron chi connectivity index (χ1n) is 4.92. The number of hydrogen-bond donors (Lipinski definition) is 0. The van der Waals surface area contributed by atoms with Crippen LogP contribution in [0.15, 0.2) is 25.3 Å². The standard InChI is InChI=1S/C11H16O4Si/c1-5-10(13)9(11(14)6-2)7-16(4)15-8(3)12/h5-6,9,16H,1-2,7H2,3-4H3. The molecule has 0 aliphatic heterocycles. The second-order valence-electron chi connectivity index (χ2n) is 3.42. The maximum absolute atomic E-state index is 11.4. The van der Waals surface area contributed by atoms with E-state index in [1.807, 2.05) is 0 Å². The lowest BCUT2D eigenvalue weighted by atomic mass is 10.0. The minimum Gasteiger partial charge on any atom is -0.522 e. The lowest BCUT2D eigenvalue weighted by Crippen LogP contribution is -2.28. The number of allylic oxidation sites excluding steroid dienone is 2. The lowest BCUT2D eigenvalue weighted by molar-refractivity contribution is -0.133. The van der Waals surface area contributed by atoms with E-state index < -0.39 is 15.0 Å². The van der Waals surface area contributed by atoms with E-state index in [2.05, 4.69) is 13.2 Å². The van der Waals surface area contributed by atoms with Crippen molar-refractivity contribution in [2.75, 3.05) is 0 Å². The van der Waals surface area contributed by atoms with E-state index in [-0.39, 0.29) is 23.6 Å². The van der Waals surface area contributed by atoms with Crippen LogP contribution in [-0.2, 0) is 18.8 Å². The highest BCUT2D eigenvalue weighted by atomic mass is 28.3. The molecule has 16 heavy (non-hydrogen) atoms. The largest absolute Gasteiger partial charge is 0.522 e. The van der Waals surface area contributed by atoms with E-state index in [0.29, 0.717) is 0 Å². The fourth-order valence-electron chi connectivity index (χ4n) is 1.32. The molecule has 0 bridgehead atoms. The van der Waals surface area contributed by atoms with Gasteiger partial charge in [-0.25, -0.2) is 0 Å². The Hall–Kier alpha value is -1.49. The van der Waals surface area contributed by atoms with Crippen molar-refractivity contribution >= 4 is 26.6 Å². The minimum atomic E-state index is -1.84. The van der Waals surface area contributed by atoms with E-state index in [1.54, 1.807) is 6.55 Å². The van der Waals surface area contributed by atoms with Crippen LogP contribution in [0.3, 0.4) is 0 Å². The second-order valence-corrected chi connectivity index (χ2v) is 5.75. The smallest absolute Gasteiger partial charge is 0.289 e. The molecule has 0 radical (unpaired) electrons. The van der Waals surface area contributed by atoms with Crippen LogP contribution in [0.2, 0.25) is 12.6 Å². The van der Waals surface area contributed by atoms with Crippen LogP contribution in [0.25, 0.3) is 0 Å². The summed E-state index contributed by atoms with van der Waals surface area (Å²) in [4.78, 5) is 33.6. The van der Waals surface area contributed by atoms with Gasteiger partial charge in [0.05, 0.1) is 5.92 Å². The predicted octanol–water partition coefficient (Wildman–Crippen LogP) is 1.03. The number of hydrogen-bond acceptors (Lipinski definition) is 4. The molecule has 0 saturated carbocycles. The SMILES string of the molecule is C=CC(=O)C(C[SiH](C)OC(C)=O)C(=O)C=C. The van der Waals surface area contributed by atoms with E-state index in [9.17, 15) is 14.4 Å². The van der Waals surface area contributed by atoms with Crippen molar-refractivity contribution < 1.29 is 18.8 Å². The lowest BCUT2D eigenvalue weighted by Gasteiger charge is -2.15. The van der Waals surface area contributed by atoms with E-state index in [4.69, 9.17) is 4.43 Å². The maximum Gasteiger partial charge on any atom is 0.289 e. The van der Waals surface area contributed by atoms with Crippen LogP contribution in [-0.4, -0.2) is 26.6 Å². The van der Waals surface area contributed by atoms with Gasteiger partial charge in [0.1, 0.15) is 0 Å². The number of carbonyl (C=O) groups excluding carboxylic acids is 3. The van der Waals surface area contributed by atoms with E-state index in [0.717, 1.165) is 12.2 Å². The molecule has 1 unspecified atom stereocenters. The highest BCUT2D eigenvalue weighted by Crippen LogP contribution is 2.13. The topological polar surface area (TPSA) is 60.4 Å². The van der Waals surface area contributed by atoms with Gasteiger partial charge in [0.25, 0.3) is 5.97 Å². The Morgan fingerprint density at radius 3 is 2.00 bits per heavy atom. The second kappa shape index (κ2) is 6.89. The summed E-state index contributed by atoms with van der Waals surface area (Å²) in [6.07, 6.45) is 2.22. The van der Waals surface area contributed by atoms with E-state index >= 15 is 0 Å². The third kappa shape index (κ3) is 4.84. The molecule has 0 aromatic heterocycles. The summed E-state index contributed by atoms with van der Waals surface area (Å²) in [6, 6.07) is 0.287. The first-order valence-corrected chi connectivity index (χ1v) is 7.36. The first kappa shape index (κ1) is 14.5. The first-order chi connectivity index (χ1) is 7.42. The fraction of sp³-hybridized carbons (Fsp3) is 0.364. The quantitative estimate of drug-likeness (QED) is 0.379. The fourth-order valence-corrected chi connectivity index (χ4v) is 3.11. The van der Waals surface area contributed by atoms with Gasteiger partial charge in [0.15, 0.2) is 11.6 Å². The molecule has 88 valence electrons. The highest BCUT2D eigenvalue weighted by molar-refractivity contribution is 6.53. The Labute approximate surface area is 96.7 Å². The number of ketones is 2. The molecule has 0 aliphatic carbocycles. The summed E-state index contributed by atoms with van der Waals surface area (Å²) >= 11 is 0. The normalized spacial score (nSPS) is 11.7. The Bertz CT molecular complexity index is 302. The average molecular weight is 240 g/mol. The molecule has 4 nitrogen and oxygen atoms in total. The van der Waals surface area contributed by atoms with Crippen molar-refractivity contribution in [3.05, 3.63) is 25.3 Å². The van der Waals surface area contributed by atoms with Crippen molar-refractivity contribution in [2.24, 2.45) is 5.92 Å². The molecule has 0 heterocycles. The van der Waals surface area contributed by atoms with E-state index in [1.165, 1.54) is 6.92 Å².